The number of rotatable bonds is 3. The number of aromatic nitrogens is 2. The largest absolute Gasteiger partial charge is 0.477 e. The van der Waals surface area contributed by atoms with Crippen LogP contribution >= 0.6 is 11.3 Å². The van der Waals surface area contributed by atoms with Crippen molar-refractivity contribution in [3.63, 3.8) is 0 Å². The van der Waals surface area contributed by atoms with Crippen LogP contribution in [-0.2, 0) is 0 Å². The maximum Gasteiger partial charge on any atom is 0.346 e. The first-order valence-electron chi connectivity index (χ1n) is 8.17. The SMILES string of the molecule is O=C(O)c1cc2nc(-c3ccc(F)cc3)c(N3CCCCC3)nc2s1. The van der Waals surface area contributed by atoms with Gasteiger partial charge in [0.15, 0.2) is 5.82 Å². The molecule has 0 aliphatic carbocycles. The Labute approximate surface area is 147 Å². The number of halogens is 1. The van der Waals surface area contributed by atoms with Crippen LogP contribution in [-0.4, -0.2) is 34.1 Å². The van der Waals surface area contributed by atoms with Gasteiger partial charge in [-0.3, -0.25) is 0 Å². The number of carboxylic acids is 1. The first kappa shape index (κ1) is 16.0. The number of piperidine rings is 1. The Morgan fingerprint density at radius 3 is 2.52 bits per heavy atom. The summed E-state index contributed by atoms with van der Waals surface area (Å²) in [5, 5.41) is 9.22. The normalized spacial score (nSPS) is 14.8. The fourth-order valence-corrected chi connectivity index (χ4v) is 3.89. The minimum absolute atomic E-state index is 0.218. The number of aromatic carboxylic acids is 1. The molecule has 25 heavy (non-hydrogen) atoms. The molecule has 1 N–H and O–H groups in total. The van der Waals surface area contributed by atoms with Gasteiger partial charge in [0.25, 0.3) is 0 Å². The first-order valence-corrected chi connectivity index (χ1v) is 8.99. The Morgan fingerprint density at radius 2 is 1.84 bits per heavy atom. The number of thiophene rings is 1. The van der Waals surface area contributed by atoms with Crippen LogP contribution in [0.1, 0.15) is 28.9 Å². The van der Waals surface area contributed by atoms with E-state index in [1.165, 1.54) is 18.6 Å². The highest BCUT2D eigenvalue weighted by atomic mass is 32.1. The van der Waals surface area contributed by atoms with E-state index in [0.29, 0.717) is 16.0 Å². The summed E-state index contributed by atoms with van der Waals surface area (Å²) in [5.74, 6) is -0.536. The van der Waals surface area contributed by atoms with Gasteiger partial charge in [-0.1, -0.05) is 0 Å². The Hall–Kier alpha value is -2.54. The van der Waals surface area contributed by atoms with Gasteiger partial charge in [0.1, 0.15) is 26.7 Å². The molecule has 1 aliphatic rings. The van der Waals surface area contributed by atoms with E-state index >= 15 is 0 Å². The van der Waals surface area contributed by atoms with Crippen LogP contribution in [0.5, 0.6) is 0 Å². The summed E-state index contributed by atoms with van der Waals surface area (Å²) in [4.78, 5) is 23.7. The third kappa shape index (κ3) is 3.07. The molecule has 0 saturated carbocycles. The van der Waals surface area contributed by atoms with Crippen molar-refractivity contribution in [3.8, 4) is 11.3 Å². The second-order valence-corrected chi connectivity index (χ2v) is 7.09. The number of fused-ring (bicyclic) bond motifs is 1. The van der Waals surface area contributed by atoms with E-state index in [-0.39, 0.29) is 10.7 Å². The van der Waals surface area contributed by atoms with Crippen LogP contribution in [0.25, 0.3) is 21.6 Å². The molecule has 0 radical (unpaired) electrons. The molecule has 128 valence electrons. The second kappa shape index (κ2) is 6.40. The van der Waals surface area contributed by atoms with Crippen molar-refractivity contribution in [2.45, 2.75) is 19.3 Å². The predicted octanol–water partition coefficient (Wildman–Crippen LogP) is 4.19. The summed E-state index contributed by atoms with van der Waals surface area (Å²) in [5.41, 5.74) is 2.01. The standard InChI is InChI=1S/C18H16FN3O2S/c19-12-6-4-11(5-7-12)15-16(22-8-2-1-3-9-22)21-17-13(20-15)10-14(25-17)18(23)24/h4-7,10H,1-3,8-9H2,(H,23,24). The van der Waals surface area contributed by atoms with Crippen molar-refractivity contribution in [3.05, 3.63) is 41.0 Å². The van der Waals surface area contributed by atoms with Gasteiger partial charge < -0.3 is 10.0 Å². The minimum atomic E-state index is -0.979. The molecule has 1 aromatic carbocycles. The average molecular weight is 357 g/mol. The number of hydrogen-bond acceptors (Lipinski definition) is 5. The molecule has 1 aliphatic heterocycles. The number of carboxylic acid groups (broad SMARTS) is 1. The molecular formula is C18H16FN3O2S. The second-order valence-electron chi connectivity index (χ2n) is 6.06. The lowest BCUT2D eigenvalue weighted by molar-refractivity contribution is 0.0702. The zero-order valence-corrected chi connectivity index (χ0v) is 14.2. The molecule has 0 bridgehead atoms. The van der Waals surface area contributed by atoms with Crippen molar-refractivity contribution in [1.29, 1.82) is 0 Å². The van der Waals surface area contributed by atoms with E-state index in [9.17, 15) is 14.3 Å². The number of nitrogens with zero attached hydrogens (tertiary/aromatic N) is 3. The molecule has 4 rings (SSSR count). The van der Waals surface area contributed by atoms with Crippen molar-refractivity contribution in [2.24, 2.45) is 0 Å². The molecule has 1 saturated heterocycles. The third-order valence-electron chi connectivity index (χ3n) is 4.33. The summed E-state index contributed by atoms with van der Waals surface area (Å²) in [7, 11) is 0. The van der Waals surface area contributed by atoms with Gasteiger partial charge in [-0.2, -0.15) is 0 Å². The Morgan fingerprint density at radius 1 is 1.12 bits per heavy atom. The monoisotopic (exact) mass is 357 g/mol. The lowest BCUT2D eigenvalue weighted by atomic mass is 10.1. The van der Waals surface area contributed by atoms with E-state index in [1.54, 1.807) is 18.2 Å². The summed E-state index contributed by atoms with van der Waals surface area (Å²) in [6, 6.07) is 7.71. The van der Waals surface area contributed by atoms with Gasteiger partial charge in [0, 0.05) is 18.7 Å². The minimum Gasteiger partial charge on any atom is -0.477 e. The fourth-order valence-electron chi connectivity index (χ4n) is 3.08. The highest BCUT2D eigenvalue weighted by Gasteiger charge is 2.21. The van der Waals surface area contributed by atoms with E-state index in [4.69, 9.17) is 4.98 Å². The number of carbonyl (C=O) groups is 1. The summed E-state index contributed by atoms with van der Waals surface area (Å²) in [6.45, 7) is 1.79. The molecule has 3 aromatic rings. The number of anilines is 1. The van der Waals surface area contributed by atoms with Gasteiger partial charge in [-0.05, 0) is 49.6 Å². The molecule has 2 aromatic heterocycles. The topological polar surface area (TPSA) is 66.3 Å². The highest BCUT2D eigenvalue weighted by molar-refractivity contribution is 7.20. The van der Waals surface area contributed by atoms with Gasteiger partial charge in [0.2, 0.25) is 0 Å². The van der Waals surface area contributed by atoms with E-state index < -0.39 is 5.97 Å². The number of benzene rings is 1. The third-order valence-corrected chi connectivity index (χ3v) is 5.34. The highest BCUT2D eigenvalue weighted by Crippen LogP contribution is 2.34. The van der Waals surface area contributed by atoms with Gasteiger partial charge in [-0.15, -0.1) is 11.3 Å². The van der Waals surface area contributed by atoms with E-state index in [2.05, 4.69) is 9.88 Å². The first-order chi connectivity index (χ1) is 12.1. The van der Waals surface area contributed by atoms with Crippen LogP contribution in [0.2, 0.25) is 0 Å². The van der Waals surface area contributed by atoms with E-state index in [0.717, 1.165) is 48.6 Å². The lowest BCUT2D eigenvalue weighted by Crippen LogP contribution is -2.30. The van der Waals surface area contributed by atoms with Crippen molar-refractivity contribution >= 4 is 33.5 Å². The van der Waals surface area contributed by atoms with Gasteiger partial charge in [0.05, 0.1) is 0 Å². The van der Waals surface area contributed by atoms with E-state index in [1.807, 2.05) is 0 Å². The summed E-state index contributed by atoms with van der Waals surface area (Å²) >= 11 is 1.13. The van der Waals surface area contributed by atoms with Crippen molar-refractivity contribution < 1.29 is 14.3 Å². The Kier molecular flexibility index (Phi) is 4.09. The predicted molar refractivity (Wildman–Crippen MR) is 95.8 cm³/mol. The van der Waals surface area contributed by atoms with Crippen LogP contribution < -0.4 is 4.90 Å². The van der Waals surface area contributed by atoms with Gasteiger partial charge in [-0.25, -0.2) is 19.2 Å². The maximum atomic E-state index is 13.3. The summed E-state index contributed by atoms with van der Waals surface area (Å²) in [6.07, 6.45) is 3.38. The molecule has 1 fully saturated rings. The Balaban J connectivity index is 1.89. The maximum absolute atomic E-state index is 13.3. The van der Waals surface area contributed by atoms with Crippen LogP contribution in [0.3, 0.4) is 0 Å². The quantitative estimate of drug-likeness (QED) is 0.761. The smallest absolute Gasteiger partial charge is 0.346 e. The summed E-state index contributed by atoms with van der Waals surface area (Å²) < 4.78 is 13.3. The van der Waals surface area contributed by atoms with Crippen LogP contribution in [0, 0.1) is 5.82 Å². The number of hydrogen-bond donors (Lipinski definition) is 1. The van der Waals surface area contributed by atoms with Crippen molar-refractivity contribution in [2.75, 3.05) is 18.0 Å². The molecule has 3 heterocycles. The van der Waals surface area contributed by atoms with Gasteiger partial charge >= 0.3 is 5.97 Å². The van der Waals surface area contributed by atoms with Crippen molar-refractivity contribution in [1.82, 2.24) is 9.97 Å². The molecule has 0 spiro atoms. The van der Waals surface area contributed by atoms with Crippen LogP contribution in [0.4, 0.5) is 10.2 Å². The van der Waals surface area contributed by atoms with Crippen LogP contribution in [0.15, 0.2) is 30.3 Å². The molecule has 5 nitrogen and oxygen atoms in total. The average Bonchev–Trinajstić information content (AvgIpc) is 3.05. The Bertz CT molecular complexity index is 933. The fraction of sp³-hybridized carbons (Fsp3) is 0.278. The molecular weight excluding hydrogens is 341 g/mol. The lowest BCUT2D eigenvalue weighted by Gasteiger charge is -2.29. The molecule has 0 atom stereocenters. The molecule has 0 amide bonds. The molecule has 7 heteroatoms. The zero-order chi connectivity index (χ0) is 17.4. The zero-order valence-electron chi connectivity index (χ0n) is 13.4. The molecule has 0 unspecified atom stereocenters.